The minimum atomic E-state index is -0.345. The van der Waals surface area contributed by atoms with Crippen molar-refractivity contribution in [2.75, 3.05) is 7.11 Å². The molecule has 0 aromatic heterocycles. The molecule has 4 fully saturated rings. The SMILES string of the molecule is COC(=O)c1ccc(CNC(=O)C23CCCC2C2CCC4C(C)(CCC(OC(C)=O)C(C)C)C(C)CCC4(C)C2CC3)cc1. The number of ether oxygens (including phenoxy) is 2. The summed E-state index contributed by atoms with van der Waals surface area (Å²) in [5.41, 5.74) is 1.82. The van der Waals surface area contributed by atoms with Crippen molar-refractivity contribution in [3.05, 3.63) is 35.4 Å². The molecule has 5 rings (SSSR count). The summed E-state index contributed by atoms with van der Waals surface area (Å²) in [5, 5.41) is 3.33. The van der Waals surface area contributed by atoms with E-state index in [1.807, 2.05) is 12.1 Å². The first-order valence-electron chi connectivity index (χ1n) is 17.5. The Morgan fingerprint density at radius 1 is 0.955 bits per heavy atom. The summed E-state index contributed by atoms with van der Waals surface area (Å²) in [6.07, 6.45) is 12.6. The lowest BCUT2D eigenvalue weighted by atomic mass is 9.39. The van der Waals surface area contributed by atoms with E-state index in [0.717, 1.165) is 44.1 Å². The molecule has 6 heteroatoms. The van der Waals surface area contributed by atoms with Crippen molar-refractivity contribution in [2.45, 2.75) is 125 Å². The lowest BCUT2D eigenvalue weighted by Crippen LogP contribution is -2.60. The molecule has 0 aliphatic heterocycles. The first-order chi connectivity index (χ1) is 20.9. The smallest absolute Gasteiger partial charge is 0.337 e. The van der Waals surface area contributed by atoms with Crippen molar-refractivity contribution in [3.63, 3.8) is 0 Å². The van der Waals surface area contributed by atoms with E-state index in [1.165, 1.54) is 46.1 Å². The predicted octanol–water partition coefficient (Wildman–Crippen LogP) is 8.12. The molecule has 0 heterocycles. The van der Waals surface area contributed by atoms with Gasteiger partial charge in [-0.25, -0.2) is 4.79 Å². The monoisotopic (exact) mass is 607 g/mol. The van der Waals surface area contributed by atoms with Crippen molar-refractivity contribution in [1.82, 2.24) is 5.32 Å². The van der Waals surface area contributed by atoms with Crippen molar-refractivity contribution < 1.29 is 23.9 Å². The Hall–Kier alpha value is -2.37. The van der Waals surface area contributed by atoms with Gasteiger partial charge in [-0.05, 0) is 128 Å². The third-order valence-corrected chi connectivity index (χ3v) is 13.6. The highest BCUT2D eigenvalue weighted by atomic mass is 16.5. The molecule has 1 N–H and O–H groups in total. The van der Waals surface area contributed by atoms with Crippen LogP contribution in [0.3, 0.4) is 0 Å². The number of carbonyl (C=O) groups is 3. The Labute approximate surface area is 265 Å². The second-order valence-corrected chi connectivity index (χ2v) is 15.8. The van der Waals surface area contributed by atoms with Gasteiger partial charge in [-0.3, -0.25) is 9.59 Å². The maximum absolute atomic E-state index is 14.0. The van der Waals surface area contributed by atoms with Gasteiger partial charge in [0.15, 0.2) is 0 Å². The van der Waals surface area contributed by atoms with E-state index in [0.29, 0.717) is 53.0 Å². The number of carbonyl (C=O) groups excluding carboxylic acids is 3. The predicted molar refractivity (Wildman–Crippen MR) is 173 cm³/mol. The van der Waals surface area contributed by atoms with Gasteiger partial charge in [-0.15, -0.1) is 0 Å². The quantitative estimate of drug-likeness (QED) is 0.287. The summed E-state index contributed by atoms with van der Waals surface area (Å²) >= 11 is 0. The summed E-state index contributed by atoms with van der Waals surface area (Å²) in [4.78, 5) is 37.7. The van der Waals surface area contributed by atoms with Crippen LogP contribution in [0.15, 0.2) is 24.3 Å². The summed E-state index contributed by atoms with van der Waals surface area (Å²) in [6.45, 7) is 14.0. The largest absolute Gasteiger partial charge is 0.465 e. The highest BCUT2D eigenvalue weighted by Crippen LogP contribution is 2.70. The van der Waals surface area contributed by atoms with Crippen molar-refractivity contribution in [2.24, 2.45) is 51.8 Å². The standard InChI is InChI=1S/C38H57NO5/c1-24(2)32(44-26(4)40)18-21-36(5)25(3)16-20-37(6)30-17-22-38(19-8-9-31(38)29(30)14-15-33(36)37)35(42)39-23-27-10-12-28(13-11-27)34(41)43-7/h10-13,24-25,29-33H,8-9,14-23H2,1-7H3,(H,39,42). The van der Waals surface area contributed by atoms with Gasteiger partial charge in [0.2, 0.25) is 5.91 Å². The zero-order valence-corrected chi connectivity index (χ0v) is 28.4. The molecule has 4 aliphatic carbocycles. The summed E-state index contributed by atoms with van der Waals surface area (Å²) in [6, 6.07) is 7.36. The van der Waals surface area contributed by atoms with E-state index < -0.39 is 0 Å². The van der Waals surface area contributed by atoms with Crippen LogP contribution in [0, 0.1) is 51.8 Å². The first kappa shape index (κ1) is 33.0. The average molecular weight is 608 g/mol. The Balaban J connectivity index is 1.29. The van der Waals surface area contributed by atoms with Gasteiger partial charge in [0, 0.05) is 13.5 Å². The first-order valence-corrected chi connectivity index (χ1v) is 17.5. The van der Waals surface area contributed by atoms with Crippen LogP contribution in [0.4, 0.5) is 0 Å². The highest BCUT2D eigenvalue weighted by Gasteiger charge is 2.64. The van der Waals surface area contributed by atoms with Gasteiger partial charge in [-0.2, -0.15) is 0 Å². The van der Waals surface area contributed by atoms with Gasteiger partial charge < -0.3 is 14.8 Å². The number of nitrogens with one attached hydrogen (secondary N) is 1. The lowest BCUT2D eigenvalue weighted by Gasteiger charge is -2.65. The molecule has 9 unspecified atom stereocenters. The average Bonchev–Trinajstić information content (AvgIpc) is 3.46. The molecule has 1 aromatic rings. The lowest BCUT2D eigenvalue weighted by molar-refractivity contribution is -0.174. The fraction of sp³-hybridized carbons (Fsp3) is 0.763. The number of fused-ring (bicyclic) bond motifs is 5. The minimum absolute atomic E-state index is 0.0147. The molecule has 244 valence electrons. The summed E-state index contributed by atoms with van der Waals surface area (Å²) in [7, 11) is 1.39. The fourth-order valence-electron chi connectivity index (χ4n) is 11.0. The van der Waals surface area contributed by atoms with Gasteiger partial charge in [0.1, 0.15) is 6.10 Å². The molecule has 0 saturated heterocycles. The van der Waals surface area contributed by atoms with Crippen LogP contribution in [0.1, 0.15) is 128 Å². The van der Waals surface area contributed by atoms with Gasteiger partial charge >= 0.3 is 11.9 Å². The molecule has 4 saturated carbocycles. The fourth-order valence-corrected chi connectivity index (χ4v) is 11.0. The van der Waals surface area contributed by atoms with E-state index in [9.17, 15) is 14.4 Å². The van der Waals surface area contributed by atoms with E-state index in [4.69, 9.17) is 9.47 Å². The molecular weight excluding hydrogens is 550 g/mol. The molecule has 0 bridgehead atoms. The Kier molecular flexibility index (Phi) is 9.60. The van der Waals surface area contributed by atoms with E-state index in [1.54, 1.807) is 12.1 Å². The Bertz CT molecular complexity index is 1210. The second kappa shape index (κ2) is 12.8. The number of methoxy groups -OCH3 is 1. The maximum Gasteiger partial charge on any atom is 0.337 e. The molecule has 44 heavy (non-hydrogen) atoms. The second-order valence-electron chi connectivity index (χ2n) is 15.8. The normalized spacial score (nSPS) is 36.9. The van der Waals surface area contributed by atoms with Crippen LogP contribution < -0.4 is 5.32 Å². The van der Waals surface area contributed by atoms with Crippen LogP contribution in [-0.4, -0.2) is 31.1 Å². The molecule has 9 atom stereocenters. The van der Waals surface area contributed by atoms with Crippen LogP contribution in [0.2, 0.25) is 0 Å². The molecule has 0 radical (unpaired) electrons. The van der Waals surface area contributed by atoms with Crippen molar-refractivity contribution in [1.29, 1.82) is 0 Å². The van der Waals surface area contributed by atoms with Crippen molar-refractivity contribution in [3.8, 4) is 0 Å². The third kappa shape index (κ3) is 5.84. The molecule has 1 aromatic carbocycles. The number of esters is 2. The molecule has 0 spiro atoms. The number of hydrogen-bond acceptors (Lipinski definition) is 5. The zero-order chi connectivity index (χ0) is 31.9. The van der Waals surface area contributed by atoms with Gasteiger partial charge in [0.25, 0.3) is 0 Å². The summed E-state index contributed by atoms with van der Waals surface area (Å²) in [5.74, 6) is 3.15. The Morgan fingerprint density at radius 2 is 1.68 bits per heavy atom. The summed E-state index contributed by atoms with van der Waals surface area (Å²) < 4.78 is 10.6. The Morgan fingerprint density at radius 3 is 2.34 bits per heavy atom. The van der Waals surface area contributed by atoms with Crippen LogP contribution in [0.25, 0.3) is 0 Å². The van der Waals surface area contributed by atoms with Gasteiger partial charge in [-0.1, -0.05) is 53.2 Å². The van der Waals surface area contributed by atoms with E-state index in [2.05, 4.69) is 39.9 Å². The van der Waals surface area contributed by atoms with Gasteiger partial charge in [0.05, 0.1) is 18.1 Å². The minimum Gasteiger partial charge on any atom is -0.465 e. The number of rotatable bonds is 9. The topological polar surface area (TPSA) is 81.7 Å². The maximum atomic E-state index is 14.0. The number of hydrogen-bond donors (Lipinski definition) is 1. The van der Waals surface area contributed by atoms with Crippen LogP contribution >= 0.6 is 0 Å². The third-order valence-electron chi connectivity index (χ3n) is 13.6. The number of amides is 1. The van der Waals surface area contributed by atoms with Crippen LogP contribution in [-0.2, 0) is 25.6 Å². The van der Waals surface area contributed by atoms with Crippen molar-refractivity contribution >= 4 is 17.8 Å². The number of benzene rings is 1. The molecular formula is C38H57NO5. The molecule has 6 nitrogen and oxygen atoms in total. The molecule has 1 amide bonds. The highest BCUT2D eigenvalue weighted by molar-refractivity contribution is 5.89. The zero-order valence-electron chi connectivity index (χ0n) is 28.4. The van der Waals surface area contributed by atoms with Crippen LogP contribution in [0.5, 0.6) is 0 Å². The van der Waals surface area contributed by atoms with E-state index >= 15 is 0 Å². The van der Waals surface area contributed by atoms with E-state index in [-0.39, 0.29) is 34.8 Å². The molecule has 4 aliphatic rings.